The van der Waals surface area contributed by atoms with Gasteiger partial charge in [0, 0.05) is 49.3 Å². The van der Waals surface area contributed by atoms with Gasteiger partial charge in [-0.1, -0.05) is 13.0 Å². The van der Waals surface area contributed by atoms with E-state index in [4.69, 9.17) is 18.9 Å². The Bertz CT molecular complexity index is 1110. The van der Waals surface area contributed by atoms with Gasteiger partial charge in [-0.15, -0.1) is 0 Å². The minimum Gasteiger partial charge on any atom is -0.493 e. The van der Waals surface area contributed by atoms with Crippen molar-refractivity contribution in [1.82, 2.24) is 4.90 Å². The highest BCUT2D eigenvalue weighted by molar-refractivity contribution is 5.97. The first-order chi connectivity index (χ1) is 17.9. The summed E-state index contributed by atoms with van der Waals surface area (Å²) in [5.41, 5.74) is 2.40. The average Bonchev–Trinajstić information content (AvgIpc) is 3.57. The lowest BCUT2D eigenvalue weighted by Crippen LogP contribution is -2.44. The van der Waals surface area contributed by atoms with Gasteiger partial charge in [-0.25, -0.2) is 0 Å². The molecule has 8 heteroatoms. The van der Waals surface area contributed by atoms with Crippen LogP contribution in [0.5, 0.6) is 11.5 Å². The van der Waals surface area contributed by atoms with Crippen LogP contribution in [0, 0.1) is 5.41 Å². The van der Waals surface area contributed by atoms with Gasteiger partial charge in [-0.2, -0.15) is 0 Å². The number of benzene rings is 2. The Balaban J connectivity index is 1.33. The Morgan fingerprint density at radius 1 is 1.14 bits per heavy atom. The van der Waals surface area contributed by atoms with E-state index in [0.29, 0.717) is 56.4 Å². The second-order valence-corrected chi connectivity index (χ2v) is 10.6. The first-order valence-corrected chi connectivity index (χ1v) is 13.1. The molecule has 0 N–H and O–H groups in total. The summed E-state index contributed by atoms with van der Waals surface area (Å²) in [7, 11) is 1.63. The minimum atomic E-state index is -0.0628. The lowest BCUT2D eigenvalue weighted by Gasteiger charge is -2.37. The molecule has 2 amide bonds. The lowest BCUT2D eigenvalue weighted by atomic mass is 9.90. The van der Waals surface area contributed by atoms with Crippen LogP contribution in [-0.2, 0) is 20.8 Å². The zero-order valence-corrected chi connectivity index (χ0v) is 21.7. The predicted molar refractivity (Wildman–Crippen MR) is 139 cm³/mol. The molecule has 37 heavy (non-hydrogen) atoms. The Morgan fingerprint density at radius 2 is 1.95 bits per heavy atom. The maximum Gasteiger partial charge on any atom is 0.254 e. The summed E-state index contributed by atoms with van der Waals surface area (Å²) >= 11 is 0. The average molecular weight is 509 g/mol. The summed E-state index contributed by atoms with van der Waals surface area (Å²) in [6.45, 7) is 6.44. The molecule has 0 radical (unpaired) electrons. The van der Waals surface area contributed by atoms with Crippen LogP contribution in [0.3, 0.4) is 0 Å². The number of nitrogens with zero attached hydrogens (tertiary/aromatic N) is 2. The molecule has 1 atom stereocenters. The standard InChI is InChI=1S/C29H36N2O6/c1-29(18-35-19-29)20-37-26-15-21(7-12-25(26)34-2)16-30(17-24-5-4-14-36-24)28(33)22-8-10-23(11-9-22)31-13-3-6-27(31)32/h7-12,15,24H,3-6,13-14,16-20H2,1-2H3/t24-/m1/s1. The summed E-state index contributed by atoms with van der Waals surface area (Å²) in [5.74, 6) is 1.40. The van der Waals surface area contributed by atoms with Crippen molar-refractivity contribution in [2.75, 3.05) is 51.5 Å². The summed E-state index contributed by atoms with van der Waals surface area (Å²) in [6, 6.07) is 13.2. The van der Waals surface area contributed by atoms with Crippen LogP contribution in [0.4, 0.5) is 5.69 Å². The number of methoxy groups -OCH3 is 1. The van der Waals surface area contributed by atoms with E-state index in [-0.39, 0.29) is 23.3 Å². The summed E-state index contributed by atoms with van der Waals surface area (Å²) < 4.78 is 22.9. The third-order valence-electron chi connectivity index (χ3n) is 7.31. The van der Waals surface area contributed by atoms with E-state index in [1.165, 1.54) is 0 Å². The normalized spacial score (nSPS) is 20.5. The third kappa shape index (κ3) is 5.91. The van der Waals surface area contributed by atoms with Gasteiger partial charge >= 0.3 is 0 Å². The van der Waals surface area contributed by atoms with Crippen LogP contribution in [0.15, 0.2) is 42.5 Å². The smallest absolute Gasteiger partial charge is 0.254 e. The quantitative estimate of drug-likeness (QED) is 0.482. The predicted octanol–water partition coefficient (Wildman–Crippen LogP) is 4.06. The van der Waals surface area contributed by atoms with Crippen molar-refractivity contribution >= 4 is 17.5 Å². The van der Waals surface area contributed by atoms with Crippen LogP contribution < -0.4 is 14.4 Å². The Morgan fingerprint density at radius 3 is 2.57 bits per heavy atom. The highest BCUT2D eigenvalue weighted by Crippen LogP contribution is 2.33. The molecule has 0 unspecified atom stereocenters. The molecule has 3 fully saturated rings. The second kappa shape index (κ2) is 11.1. The SMILES string of the molecule is COc1ccc(CN(C[C@H]2CCCO2)C(=O)c2ccc(N3CCCC3=O)cc2)cc1OCC1(C)COC1. The molecule has 0 bridgehead atoms. The summed E-state index contributed by atoms with van der Waals surface area (Å²) in [6.07, 6.45) is 3.43. The molecule has 0 spiro atoms. The van der Waals surface area contributed by atoms with Crippen molar-refractivity contribution in [3.8, 4) is 11.5 Å². The third-order valence-corrected chi connectivity index (χ3v) is 7.31. The highest BCUT2D eigenvalue weighted by Gasteiger charge is 2.34. The van der Waals surface area contributed by atoms with Crippen molar-refractivity contribution < 1.29 is 28.5 Å². The van der Waals surface area contributed by atoms with Crippen LogP contribution >= 0.6 is 0 Å². The van der Waals surface area contributed by atoms with Crippen molar-refractivity contribution in [3.05, 3.63) is 53.6 Å². The first-order valence-electron chi connectivity index (χ1n) is 13.1. The highest BCUT2D eigenvalue weighted by atomic mass is 16.5. The number of amides is 2. The maximum absolute atomic E-state index is 13.7. The Kier molecular flexibility index (Phi) is 7.67. The second-order valence-electron chi connectivity index (χ2n) is 10.6. The zero-order chi connectivity index (χ0) is 25.8. The van der Waals surface area contributed by atoms with Crippen molar-refractivity contribution in [2.45, 2.75) is 45.3 Å². The van der Waals surface area contributed by atoms with Crippen LogP contribution in [0.2, 0.25) is 0 Å². The fourth-order valence-electron chi connectivity index (χ4n) is 5.08. The molecular formula is C29H36N2O6. The van der Waals surface area contributed by atoms with Gasteiger partial charge in [0.15, 0.2) is 11.5 Å². The van der Waals surface area contributed by atoms with Gasteiger partial charge in [0.1, 0.15) is 0 Å². The molecule has 3 aliphatic heterocycles. The van der Waals surface area contributed by atoms with Gasteiger partial charge in [0.05, 0.1) is 33.0 Å². The Labute approximate surface area is 218 Å². The fourth-order valence-corrected chi connectivity index (χ4v) is 5.08. The Hall–Kier alpha value is -3.10. The zero-order valence-electron chi connectivity index (χ0n) is 21.7. The largest absolute Gasteiger partial charge is 0.493 e. The van der Waals surface area contributed by atoms with Gasteiger partial charge in [-0.3, -0.25) is 9.59 Å². The first kappa shape index (κ1) is 25.5. The van der Waals surface area contributed by atoms with Crippen LogP contribution in [0.1, 0.15) is 48.5 Å². The number of anilines is 1. The van der Waals surface area contributed by atoms with Gasteiger partial charge < -0.3 is 28.7 Å². The van der Waals surface area contributed by atoms with Crippen molar-refractivity contribution in [3.63, 3.8) is 0 Å². The number of carbonyl (C=O) groups excluding carboxylic acids is 2. The molecule has 2 aromatic carbocycles. The van der Waals surface area contributed by atoms with E-state index < -0.39 is 0 Å². The molecule has 0 aromatic heterocycles. The molecule has 0 aliphatic carbocycles. The van der Waals surface area contributed by atoms with E-state index in [0.717, 1.165) is 43.7 Å². The maximum atomic E-state index is 13.7. The topological polar surface area (TPSA) is 77.5 Å². The molecule has 3 saturated heterocycles. The molecule has 3 aliphatic rings. The van der Waals surface area contributed by atoms with E-state index in [1.807, 2.05) is 47.4 Å². The number of ether oxygens (including phenoxy) is 4. The van der Waals surface area contributed by atoms with Gasteiger partial charge in [-0.05, 0) is 61.2 Å². The van der Waals surface area contributed by atoms with Crippen molar-refractivity contribution in [1.29, 1.82) is 0 Å². The number of hydrogen-bond donors (Lipinski definition) is 0. The monoisotopic (exact) mass is 508 g/mol. The van der Waals surface area contributed by atoms with Crippen molar-refractivity contribution in [2.24, 2.45) is 5.41 Å². The minimum absolute atomic E-state index is 0.00860. The molecule has 198 valence electrons. The summed E-state index contributed by atoms with van der Waals surface area (Å²) in [5, 5.41) is 0. The number of rotatable bonds is 10. The fraction of sp³-hybridized carbons (Fsp3) is 0.517. The van der Waals surface area contributed by atoms with Crippen LogP contribution in [0.25, 0.3) is 0 Å². The van der Waals surface area contributed by atoms with Crippen LogP contribution in [-0.4, -0.2) is 69.4 Å². The van der Waals surface area contributed by atoms with E-state index in [2.05, 4.69) is 6.92 Å². The number of carbonyl (C=O) groups is 2. The molecule has 8 nitrogen and oxygen atoms in total. The van der Waals surface area contributed by atoms with E-state index >= 15 is 0 Å². The van der Waals surface area contributed by atoms with E-state index in [1.54, 1.807) is 12.0 Å². The number of hydrogen-bond acceptors (Lipinski definition) is 6. The molecule has 2 aromatic rings. The molecule has 3 heterocycles. The molecule has 0 saturated carbocycles. The van der Waals surface area contributed by atoms with Gasteiger partial charge in [0.2, 0.25) is 5.91 Å². The lowest BCUT2D eigenvalue weighted by molar-refractivity contribution is -0.120. The van der Waals surface area contributed by atoms with E-state index in [9.17, 15) is 9.59 Å². The van der Waals surface area contributed by atoms with Gasteiger partial charge in [0.25, 0.3) is 5.91 Å². The summed E-state index contributed by atoms with van der Waals surface area (Å²) in [4.78, 5) is 29.4. The molecular weight excluding hydrogens is 472 g/mol. The molecule has 5 rings (SSSR count).